The summed E-state index contributed by atoms with van der Waals surface area (Å²) in [7, 11) is 8.50. The maximum Gasteiger partial charge on any atom is 1.00 e. The molecular formula is C4H13CsN+. The second-order valence-electron chi connectivity index (χ2n) is 2.68. The molecule has 0 aromatic carbocycles. The molecular weight excluding hydrogens is 195 g/mol. The van der Waals surface area contributed by atoms with Crippen LogP contribution in [0.2, 0.25) is 0 Å². The fourth-order valence-corrected chi connectivity index (χ4v) is 0. The first-order chi connectivity index (χ1) is 2.00. The minimum atomic E-state index is 0. The Kier molecular flexibility index (Phi) is 7.17. The van der Waals surface area contributed by atoms with Crippen molar-refractivity contribution in [1.82, 2.24) is 0 Å². The smallest absolute Gasteiger partial charge is 1.00 e. The van der Waals surface area contributed by atoms with Gasteiger partial charge in [-0.15, -0.1) is 0 Å². The van der Waals surface area contributed by atoms with Gasteiger partial charge in [-0.1, -0.05) is 0 Å². The molecule has 0 amide bonds. The van der Waals surface area contributed by atoms with Crippen molar-refractivity contribution in [2.45, 2.75) is 0 Å². The van der Waals surface area contributed by atoms with Gasteiger partial charge in [0, 0.05) is 0 Å². The van der Waals surface area contributed by atoms with Gasteiger partial charge in [-0.25, -0.2) is 0 Å². The zero-order valence-corrected chi connectivity index (χ0v) is 11.7. The Morgan fingerprint density at radius 3 is 1.00 bits per heavy atom. The number of hydrogen-bond acceptors (Lipinski definition) is 0. The predicted octanol–water partition coefficient (Wildman–Crippen LogP) is -2.56. The van der Waals surface area contributed by atoms with E-state index in [1.54, 1.807) is 0 Å². The average molecular weight is 208 g/mol. The van der Waals surface area contributed by atoms with Crippen molar-refractivity contribution in [2.24, 2.45) is 0 Å². The molecule has 0 N–H and O–H groups in total. The van der Waals surface area contributed by atoms with Gasteiger partial charge in [0.25, 0.3) is 0 Å². The monoisotopic (exact) mass is 208 g/mol. The molecule has 0 aliphatic heterocycles. The quantitative estimate of drug-likeness (QED) is 0.384. The van der Waals surface area contributed by atoms with Crippen molar-refractivity contribution in [3.63, 3.8) is 0 Å². The summed E-state index contributed by atoms with van der Waals surface area (Å²) in [5, 5.41) is 0. The van der Waals surface area contributed by atoms with Crippen molar-refractivity contribution in [2.75, 3.05) is 28.2 Å². The molecule has 6 heavy (non-hydrogen) atoms. The molecule has 0 saturated heterocycles. The van der Waals surface area contributed by atoms with Gasteiger partial charge < -0.3 is 5.91 Å². The summed E-state index contributed by atoms with van der Waals surface area (Å²) in [4.78, 5) is 0. The van der Waals surface area contributed by atoms with Crippen LogP contribution in [0.15, 0.2) is 0 Å². The molecule has 0 fully saturated rings. The molecule has 0 saturated carbocycles. The van der Waals surface area contributed by atoms with E-state index in [0.717, 1.165) is 4.48 Å². The second-order valence-corrected chi connectivity index (χ2v) is 2.68. The fraction of sp³-hybridized carbons (Fsp3) is 1.00. The molecule has 0 aliphatic rings. The van der Waals surface area contributed by atoms with Crippen molar-refractivity contribution in [1.29, 1.82) is 0 Å². The van der Waals surface area contributed by atoms with E-state index < -0.39 is 0 Å². The molecule has 0 aromatic heterocycles. The van der Waals surface area contributed by atoms with Gasteiger partial charge in [0.2, 0.25) is 0 Å². The number of quaternary nitrogens is 1. The Bertz CT molecular complexity index is 27.2. The molecule has 0 radical (unpaired) electrons. The first-order valence-electron chi connectivity index (χ1n) is 1.79. The Balaban J connectivity index is -0.0000000800. The Morgan fingerprint density at radius 1 is 1.00 bits per heavy atom. The standard InChI is InChI=1S/C4H12N.Cs.H/c1-5(2,3)4;;/h1-4H3;;/q2*+1;-1. The molecule has 0 bridgehead atoms. The fourth-order valence-electron chi connectivity index (χ4n) is 0. The first kappa shape index (κ1) is 10.9. The molecule has 0 unspecified atom stereocenters. The number of rotatable bonds is 0. The molecule has 0 aromatic rings. The molecule has 0 aliphatic carbocycles. The summed E-state index contributed by atoms with van der Waals surface area (Å²) >= 11 is 0. The summed E-state index contributed by atoms with van der Waals surface area (Å²) in [6, 6.07) is 0. The van der Waals surface area contributed by atoms with E-state index in [0.29, 0.717) is 0 Å². The third-order valence-corrected chi connectivity index (χ3v) is 0. The van der Waals surface area contributed by atoms with Crippen LogP contribution in [-0.2, 0) is 0 Å². The summed E-state index contributed by atoms with van der Waals surface area (Å²) in [5.41, 5.74) is 0. The van der Waals surface area contributed by atoms with Gasteiger partial charge in [0.05, 0.1) is 28.2 Å². The van der Waals surface area contributed by atoms with Crippen LogP contribution in [0, 0.1) is 0 Å². The number of hydrogen-bond donors (Lipinski definition) is 0. The molecule has 34 valence electrons. The summed E-state index contributed by atoms with van der Waals surface area (Å²) in [6.07, 6.45) is 0. The third kappa shape index (κ3) is 37.3. The van der Waals surface area contributed by atoms with Gasteiger partial charge in [-0.3, -0.25) is 0 Å². The average Bonchev–Trinajstić information content (AvgIpc) is 0.722. The molecule has 0 spiro atoms. The van der Waals surface area contributed by atoms with Crippen LogP contribution in [0.3, 0.4) is 0 Å². The van der Waals surface area contributed by atoms with Gasteiger partial charge in [0.1, 0.15) is 0 Å². The van der Waals surface area contributed by atoms with Gasteiger partial charge in [0.15, 0.2) is 0 Å². The minimum absolute atomic E-state index is 0. The van der Waals surface area contributed by atoms with E-state index in [1.165, 1.54) is 0 Å². The summed E-state index contributed by atoms with van der Waals surface area (Å²) < 4.78 is 1.00. The number of nitrogens with zero attached hydrogens (tertiary/aromatic N) is 1. The van der Waals surface area contributed by atoms with Crippen molar-refractivity contribution >= 4 is 0 Å². The van der Waals surface area contributed by atoms with Crippen LogP contribution in [0.5, 0.6) is 0 Å². The first-order valence-corrected chi connectivity index (χ1v) is 1.79. The Hall–Kier alpha value is 2.01. The molecule has 0 rings (SSSR count). The predicted molar refractivity (Wildman–Crippen MR) is 25.1 cm³/mol. The van der Waals surface area contributed by atoms with Crippen LogP contribution in [0.4, 0.5) is 0 Å². The molecule has 0 heterocycles. The second kappa shape index (κ2) is 3.95. The van der Waals surface area contributed by atoms with Crippen LogP contribution >= 0.6 is 0 Å². The molecule has 0 atom stereocenters. The van der Waals surface area contributed by atoms with Crippen LogP contribution in [0.25, 0.3) is 0 Å². The molecule has 1 nitrogen and oxygen atoms in total. The van der Waals surface area contributed by atoms with E-state index in [-0.39, 0.29) is 70.3 Å². The maximum atomic E-state index is 2.12. The van der Waals surface area contributed by atoms with E-state index in [4.69, 9.17) is 0 Å². The van der Waals surface area contributed by atoms with Gasteiger partial charge >= 0.3 is 68.9 Å². The van der Waals surface area contributed by atoms with Crippen LogP contribution < -0.4 is 68.9 Å². The zero-order chi connectivity index (χ0) is 4.50. The largest absolute Gasteiger partial charge is 1.00 e. The topological polar surface area (TPSA) is 0 Å². The normalized spacial score (nSPS) is 10.0. The van der Waals surface area contributed by atoms with E-state index in [2.05, 4.69) is 28.2 Å². The van der Waals surface area contributed by atoms with Crippen molar-refractivity contribution in [3.8, 4) is 0 Å². The Labute approximate surface area is 101 Å². The summed E-state index contributed by atoms with van der Waals surface area (Å²) in [6.45, 7) is 0. The van der Waals surface area contributed by atoms with Gasteiger partial charge in [-0.05, 0) is 0 Å². The van der Waals surface area contributed by atoms with Crippen LogP contribution in [-0.4, -0.2) is 32.7 Å². The summed E-state index contributed by atoms with van der Waals surface area (Å²) in [5.74, 6) is 0. The van der Waals surface area contributed by atoms with E-state index in [9.17, 15) is 0 Å². The van der Waals surface area contributed by atoms with E-state index >= 15 is 0 Å². The SMILES string of the molecule is C[N+](C)(C)C.[Cs+].[H-]. The molecule has 2 heteroatoms. The van der Waals surface area contributed by atoms with Crippen molar-refractivity contribution < 1.29 is 74.8 Å². The van der Waals surface area contributed by atoms with Gasteiger partial charge in [-0.2, -0.15) is 0 Å². The van der Waals surface area contributed by atoms with E-state index in [1.807, 2.05) is 0 Å². The van der Waals surface area contributed by atoms with Crippen molar-refractivity contribution in [3.05, 3.63) is 0 Å². The zero-order valence-electron chi connectivity index (χ0n) is 6.45. The minimum Gasteiger partial charge on any atom is -1.00 e. The Morgan fingerprint density at radius 2 is 1.00 bits per heavy atom. The third-order valence-electron chi connectivity index (χ3n) is 0. The van der Waals surface area contributed by atoms with Crippen LogP contribution in [0.1, 0.15) is 1.43 Å². The maximum absolute atomic E-state index is 2.12.